The molecule has 0 saturated carbocycles. The van der Waals surface area contributed by atoms with E-state index in [4.69, 9.17) is 21.3 Å². The monoisotopic (exact) mass is 504 g/mol. The van der Waals surface area contributed by atoms with Crippen LogP contribution in [-0.4, -0.2) is 6.21 Å². The number of halogens is 1. The van der Waals surface area contributed by atoms with Crippen LogP contribution < -0.4 is 10.1 Å². The van der Waals surface area contributed by atoms with Gasteiger partial charge in [0.15, 0.2) is 0 Å². The van der Waals surface area contributed by atoms with Gasteiger partial charge < -0.3 is 10.1 Å². The highest BCUT2D eigenvalue weighted by Gasteiger charge is 2.37. The summed E-state index contributed by atoms with van der Waals surface area (Å²) in [5.74, 6) is 1.83. The highest BCUT2D eigenvalue weighted by molar-refractivity contribution is 6.31. The fraction of sp³-hybridized carbons (Fsp3) is 0.182. The SMILES string of the molecule is Cc1ccc2c(c1)[C@@H]1C=CC[C@H]1[C@@H](c1ccc(N=Cc3ccc(OCc4ccccc4Cl)cc3)cc1)N2. The molecule has 1 heterocycles. The van der Waals surface area contributed by atoms with Crippen LogP contribution in [0.5, 0.6) is 5.75 Å². The van der Waals surface area contributed by atoms with Crippen LogP contribution >= 0.6 is 11.6 Å². The maximum absolute atomic E-state index is 6.21. The smallest absolute Gasteiger partial charge is 0.119 e. The molecule has 6 rings (SSSR count). The zero-order valence-corrected chi connectivity index (χ0v) is 21.5. The number of aryl methyl sites for hydroxylation is 1. The molecule has 4 aromatic carbocycles. The summed E-state index contributed by atoms with van der Waals surface area (Å²) in [5, 5.41) is 4.54. The highest BCUT2D eigenvalue weighted by atomic mass is 35.5. The van der Waals surface area contributed by atoms with Crippen molar-refractivity contribution in [3.8, 4) is 5.75 Å². The lowest BCUT2D eigenvalue weighted by molar-refractivity contribution is 0.306. The van der Waals surface area contributed by atoms with Crippen molar-refractivity contribution in [1.82, 2.24) is 0 Å². The van der Waals surface area contributed by atoms with Gasteiger partial charge in [0.05, 0.1) is 11.7 Å². The fourth-order valence-electron chi connectivity index (χ4n) is 5.39. The first-order chi connectivity index (χ1) is 18.1. The molecular formula is C33H29ClN2O. The number of fused-ring (bicyclic) bond motifs is 3. The Balaban J connectivity index is 1.11. The Morgan fingerprint density at radius 3 is 2.59 bits per heavy atom. The van der Waals surface area contributed by atoms with Gasteiger partial charge in [0, 0.05) is 28.4 Å². The summed E-state index contributed by atoms with van der Waals surface area (Å²) < 4.78 is 5.88. The van der Waals surface area contributed by atoms with Crippen molar-refractivity contribution in [2.45, 2.75) is 31.9 Å². The van der Waals surface area contributed by atoms with Gasteiger partial charge in [-0.1, -0.05) is 71.8 Å². The molecule has 37 heavy (non-hydrogen) atoms. The fourth-order valence-corrected chi connectivity index (χ4v) is 5.58. The van der Waals surface area contributed by atoms with E-state index in [0.29, 0.717) is 24.5 Å². The average Bonchev–Trinajstić information content (AvgIpc) is 3.43. The number of aliphatic imine (C=N–C) groups is 1. The first kappa shape index (κ1) is 23.6. The molecule has 0 bridgehead atoms. The molecule has 3 atom stereocenters. The van der Waals surface area contributed by atoms with E-state index in [1.807, 2.05) is 54.7 Å². The predicted octanol–water partition coefficient (Wildman–Crippen LogP) is 8.80. The predicted molar refractivity (Wildman–Crippen MR) is 153 cm³/mol. The Bertz CT molecular complexity index is 1460. The van der Waals surface area contributed by atoms with Gasteiger partial charge in [-0.3, -0.25) is 4.99 Å². The lowest BCUT2D eigenvalue weighted by Gasteiger charge is -2.37. The molecule has 184 valence electrons. The zero-order valence-electron chi connectivity index (χ0n) is 20.8. The number of benzene rings is 4. The number of hydrogen-bond donors (Lipinski definition) is 1. The molecule has 1 aliphatic heterocycles. The first-order valence-electron chi connectivity index (χ1n) is 12.8. The highest BCUT2D eigenvalue weighted by Crippen LogP contribution is 2.50. The van der Waals surface area contributed by atoms with Gasteiger partial charge in [0.1, 0.15) is 12.4 Å². The second-order valence-corrected chi connectivity index (χ2v) is 10.3. The molecular weight excluding hydrogens is 476 g/mol. The number of allylic oxidation sites excluding steroid dienone is 2. The van der Waals surface area contributed by atoms with Crippen LogP contribution in [0, 0.1) is 12.8 Å². The summed E-state index contributed by atoms with van der Waals surface area (Å²) in [6.07, 6.45) is 7.73. The van der Waals surface area contributed by atoms with Crippen molar-refractivity contribution >= 4 is 29.2 Å². The van der Waals surface area contributed by atoms with E-state index >= 15 is 0 Å². The molecule has 1 N–H and O–H groups in total. The molecule has 4 heteroatoms. The third-order valence-corrected chi connectivity index (χ3v) is 7.73. The van der Waals surface area contributed by atoms with E-state index in [9.17, 15) is 0 Å². The minimum atomic E-state index is 0.298. The molecule has 0 aromatic heterocycles. The summed E-state index contributed by atoms with van der Waals surface area (Å²) in [7, 11) is 0. The van der Waals surface area contributed by atoms with Gasteiger partial charge in [0.2, 0.25) is 0 Å². The van der Waals surface area contributed by atoms with Gasteiger partial charge in [0.25, 0.3) is 0 Å². The summed E-state index contributed by atoms with van der Waals surface area (Å²) in [4.78, 5) is 4.69. The van der Waals surface area contributed by atoms with Crippen LogP contribution in [0.1, 0.15) is 46.2 Å². The van der Waals surface area contributed by atoms with E-state index in [2.05, 4.69) is 66.9 Å². The van der Waals surface area contributed by atoms with Crippen molar-refractivity contribution in [2.75, 3.05) is 5.32 Å². The van der Waals surface area contributed by atoms with Crippen LogP contribution in [0.25, 0.3) is 0 Å². The number of ether oxygens (including phenoxy) is 1. The van der Waals surface area contributed by atoms with Crippen molar-refractivity contribution in [1.29, 1.82) is 0 Å². The van der Waals surface area contributed by atoms with E-state index in [-0.39, 0.29) is 0 Å². The van der Waals surface area contributed by atoms with E-state index in [0.717, 1.165) is 34.0 Å². The molecule has 2 aliphatic rings. The van der Waals surface area contributed by atoms with Crippen LogP contribution in [0.4, 0.5) is 11.4 Å². The van der Waals surface area contributed by atoms with Crippen LogP contribution in [0.15, 0.2) is 108 Å². The Hall–Kier alpha value is -3.82. The van der Waals surface area contributed by atoms with E-state index < -0.39 is 0 Å². The largest absolute Gasteiger partial charge is 0.489 e. The van der Waals surface area contributed by atoms with Crippen molar-refractivity contribution < 1.29 is 4.74 Å². The Morgan fingerprint density at radius 1 is 0.973 bits per heavy atom. The third-order valence-electron chi connectivity index (χ3n) is 7.37. The molecule has 0 saturated heterocycles. The second kappa shape index (κ2) is 10.3. The van der Waals surface area contributed by atoms with Crippen LogP contribution in [0.3, 0.4) is 0 Å². The Kier molecular flexibility index (Phi) is 6.55. The van der Waals surface area contributed by atoms with Gasteiger partial charge in [-0.05, 0) is 84.5 Å². The van der Waals surface area contributed by atoms with Crippen LogP contribution in [-0.2, 0) is 6.61 Å². The summed E-state index contributed by atoms with van der Waals surface area (Å²) in [5.41, 5.74) is 8.25. The quantitative estimate of drug-likeness (QED) is 0.210. The molecule has 0 fully saturated rings. The molecule has 0 amide bonds. The lowest BCUT2D eigenvalue weighted by Crippen LogP contribution is -2.29. The minimum Gasteiger partial charge on any atom is -0.489 e. The van der Waals surface area contributed by atoms with E-state index in [1.165, 1.54) is 22.4 Å². The van der Waals surface area contributed by atoms with Crippen molar-refractivity contribution in [3.63, 3.8) is 0 Å². The van der Waals surface area contributed by atoms with Gasteiger partial charge >= 0.3 is 0 Å². The van der Waals surface area contributed by atoms with Crippen LogP contribution in [0.2, 0.25) is 5.02 Å². The maximum atomic E-state index is 6.21. The summed E-state index contributed by atoms with van der Waals surface area (Å²) >= 11 is 6.21. The molecule has 0 spiro atoms. The van der Waals surface area contributed by atoms with Crippen molar-refractivity contribution in [2.24, 2.45) is 10.9 Å². The maximum Gasteiger partial charge on any atom is 0.119 e. The normalized spacial score (nSPS) is 19.9. The number of hydrogen-bond acceptors (Lipinski definition) is 3. The Labute approximate surface area is 223 Å². The third kappa shape index (κ3) is 5.05. The molecule has 1 aliphatic carbocycles. The molecule has 0 radical (unpaired) electrons. The van der Waals surface area contributed by atoms with Gasteiger partial charge in [-0.15, -0.1) is 0 Å². The summed E-state index contributed by atoms with van der Waals surface area (Å²) in [6.45, 7) is 2.61. The topological polar surface area (TPSA) is 33.6 Å². The number of nitrogens with zero attached hydrogens (tertiary/aromatic N) is 1. The second-order valence-electron chi connectivity index (χ2n) is 9.87. The molecule has 0 unspecified atom stereocenters. The Morgan fingerprint density at radius 2 is 1.78 bits per heavy atom. The number of rotatable bonds is 6. The summed E-state index contributed by atoms with van der Waals surface area (Å²) in [6, 6.07) is 31.4. The van der Waals surface area contributed by atoms with E-state index in [1.54, 1.807) is 0 Å². The average molecular weight is 505 g/mol. The van der Waals surface area contributed by atoms with Gasteiger partial charge in [-0.2, -0.15) is 0 Å². The zero-order chi connectivity index (χ0) is 25.2. The number of nitrogens with one attached hydrogen (secondary N) is 1. The minimum absolute atomic E-state index is 0.298. The molecule has 3 nitrogen and oxygen atoms in total. The number of anilines is 1. The first-order valence-corrected chi connectivity index (χ1v) is 13.2. The standard InChI is InChI=1S/C33H29ClN2O/c1-22-9-18-32-30(19-22)28-6-4-7-29(28)33(36-32)24-12-14-26(15-13-24)35-20-23-10-16-27(17-11-23)37-21-25-5-2-3-8-31(25)34/h2-6,8-20,28-29,33,36H,7,21H2,1H3/t28-,29-,33-/m1/s1. The van der Waals surface area contributed by atoms with Gasteiger partial charge in [-0.25, -0.2) is 0 Å². The van der Waals surface area contributed by atoms with Crippen molar-refractivity contribution in [3.05, 3.63) is 136 Å². The lowest BCUT2D eigenvalue weighted by atomic mass is 9.76. The molecule has 4 aromatic rings.